The number of carbonyl (C=O) groups excluding carboxylic acids is 1. The SMILES string of the molecule is CCOC(=O)[C@@]1(C)CC[C@](C)(c2ncc3c(Cl)nccn23)C1. The second-order valence-corrected chi connectivity index (χ2v) is 6.93. The van der Waals surface area contributed by atoms with Crippen molar-refractivity contribution in [2.45, 2.75) is 45.4 Å². The van der Waals surface area contributed by atoms with Crippen LogP contribution in [0.5, 0.6) is 0 Å². The number of fused-ring (bicyclic) bond motifs is 1. The van der Waals surface area contributed by atoms with Gasteiger partial charge in [0, 0.05) is 17.8 Å². The molecule has 5 nitrogen and oxygen atoms in total. The maximum atomic E-state index is 12.3. The number of esters is 1. The molecule has 2 aromatic heterocycles. The summed E-state index contributed by atoms with van der Waals surface area (Å²) >= 11 is 6.12. The number of rotatable bonds is 3. The topological polar surface area (TPSA) is 56.5 Å². The Bertz CT molecular complexity index is 729. The number of nitrogens with zero attached hydrogens (tertiary/aromatic N) is 3. The maximum Gasteiger partial charge on any atom is 0.311 e. The van der Waals surface area contributed by atoms with Gasteiger partial charge in [-0.2, -0.15) is 0 Å². The molecule has 2 heterocycles. The fraction of sp³-hybridized carbons (Fsp3) is 0.562. The standard InChI is InChI=1S/C16H20ClN3O2/c1-4-22-14(21)16(3)6-5-15(2,10-16)13-19-9-11-12(17)18-7-8-20(11)13/h7-9H,4-6,10H2,1-3H3/t15-,16-/m0/s1. The summed E-state index contributed by atoms with van der Waals surface area (Å²) in [4.78, 5) is 20.9. The molecule has 2 atom stereocenters. The van der Waals surface area contributed by atoms with Crippen molar-refractivity contribution in [3.63, 3.8) is 0 Å². The predicted octanol–water partition coefficient (Wildman–Crippen LogP) is 3.39. The van der Waals surface area contributed by atoms with Crippen LogP contribution in [-0.2, 0) is 14.9 Å². The van der Waals surface area contributed by atoms with Gasteiger partial charge in [-0.25, -0.2) is 9.97 Å². The molecule has 1 fully saturated rings. The number of aromatic nitrogens is 3. The van der Waals surface area contributed by atoms with Crippen molar-refractivity contribution in [1.29, 1.82) is 0 Å². The van der Waals surface area contributed by atoms with Crippen LogP contribution >= 0.6 is 11.6 Å². The summed E-state index contributed by atoms with van der Waals surface area (Å²) < 4.78 is 7.23. The highest BCUT2D eigenvalue weighted by molar-refractivity contribution is 6.32. The fourth-order valence-electron chi connectivity index (χ4n) is 3.60. The molecule has 0 N–H and O–H groups in total. The first-order valence-corrected chi connectivity index (χ1v) is 7.93. The van der Waals surface area contributed by atoms with Crippen LogP contribution in [0.1, 0.15) is 45.9 Å². The van der Waals surface area contributed by atoms with E-state index in [0.29, 0.717) is 11.8 Å². The Labute approximate surface area is 134 Å². The van der Waals surface area contributed by atoms with E-state index in [4.69, 9.17) is 16.3 Å². The first-order valence-electron chi connectivity index (χ1n) is 7.55. The lowest BCUT2D eigenvalue weighted by Gasteiger charge is -2.26. The highest BCUT2D eigenvalue weighted by Gasteiger charge is 2.50. The Balaban J connectivity index is 1.97. The molecule has 1 aliphatic rings. The zero-order chi connectivity index (χ0) is 16.0. The molecule has 1 aliphatic carbocycles. The molecular weight excluding hydrogens is 302 g/mol. The molecule has 1 saturated carbocycles. The van der Waals surface area contributed by atoms with Gasteiger partial charge in [0.2, 0.25) is 0 Å². The number of carbonyl (C=O) groups is 1. The third-order valence-corrected chi connectivity index (χ3v) is 5.02. The van der Waals surface area contributed by atoms with Crippen LogP contribution in [-0.4, -0.2) is 26.9 Å². The van der Waals surface area contributed by atoms with E-state index in [1.165, 1.54) is 0 Å². The Hall–Kier alpha value is -1.62. The van der Waals surface area contributed by atoms with E-state index in [0.717, 1.165) is 30.6 Å². The molecule has 2 aromatic rings. The number of hydrogen-bond donors (Lipinski definition) is 0. The minimum absolute atomic E-state index is 0.112. The largest absolute Gasteiger partial charge is 0.466 e. The number of imidazole rings is 1. The van der Waals surface area contributed by atoms with Gasteiger partial charge >= 0.3 is 5.97 Å². The monoisotopic (exact) mass is 321 g/mol. The predicted molar refractivity (Wildman–Crippen MR) is 83.9 cm³/mol. The second-order valence-electron chi connectivity index (χ2n) is 6.57. The van der Waals surface area contributed by atoms with E-state index in [2.05, 4.69) is 16.9 Å². The summed E-state index contributed by atoms with van der Waals surface area (Å²) in [6.45, 7) is 6.40. The van der Waals surface area contributed by atoms with E-state index in [-0.39, 0.29) is 11.4 Å². The Kier molecular flexibility index (Phi) is 3.63. The second kappa shape index (κ2) is 5.23. The Morgan fingerprint density at radius 2 is 2.18 bits per heavy atom. The van der Waals surface area contributed by atoms with Gasteiger partial charge in [-0.15, -0.1) is 0 Å². The van der Waals surface area contributed by atoms with Crippen molar-refractivity contribution >= 4 is 23.1 Å². The molecule has 0 spiro atoms. The lowest BCUT2D eigenvalue weighted by atomic mass is 9.81. The quantitative estimate of drug-likeness (QED) is 0.813. The average Bonchev–Trinajstić information content (AvgIpc) is 3.04. The van der Waals surface area contributed by atoms with Crippen molar-refractivity contribution in [2.24, 2.45) is 5.41 Å². The summed E-state index contributed by atoms with van der Waals surface area (Å²) in [5, 5.41) is 0.441. The van der Waals surface area contributed by atoms with Gasteiger partial charge in [0.05, 0.1) is 18.2 Å². The minimum Gasteiger partial charge on any atom is -0.466 e. The van der Waals surface area contributed by atoms with Gasteiger partial charge in [-0.1, -0.05) is 18.5 Å². The third kappa shape index (κ3) is 2.28. The van der Waals surface area contributed by atoms with Crippen molar-refractivity contribution in [3.05, 3.63) is 29.6 Å². The summed E-state index contributed by atoms with van der Waals surface area (Å²) in [7, 11) is 0. The minimum atomic E-state index is -0.451. The maximum absolute atomic E-state index is 12.3. The van der Waals surface area contributed by atoms with Gasteiger partial charge in [0.15, 0.2) is 5.15 Å². The van der Waals surface area contributed by atoms with Crippen molar-refractivity contribution in [2.75, 3.05) is 6.61 Å². The number of hydrogen-bond acceptors (Lipinski definition) is 4. The van der Waals surface area contributed by atoms with Crippen LogP contribution in [0.3, 0.4) is 0 Å². The molecule has 118 valence electrons. The first-order chi connectivity index (χ1) is 10.4. The van der Waals surface area contributed by atoms with E-state index in [1.54, 1.807) is 12.4 Å². The zero-order valence-electron chi connectivity index (χ0n) is 13.1. The lowest BCUT2D eigenvalue weighted by molar-refractivity contribution is -0.154. The lowest BCUT2D eigenvalue weighted by Crippen LogP contribution is -2.30. The molecule has 0 saturated heterocycles. The molecule has 0 unspecified atom stereocenters. The smallest absolute Gasteiger partial charge is 0.311 e. The molecule has 0 aromatic carbocycles. The molecule has 0 aliphatic heterocycles. The van der Waals surface area contributed by atoms with Crippen LogP contribution in [0.2, 0.25) is 5.15 Å². The van der Waals surface area contributed by atoms with Crippen LogP contribution in [0, 0.1) is 5.41 Å². The van der Waals surface area contributed by atoms with Gasteiger partial charge in [-0.3, -0.25) is 9.20 Å². The highest BCUT2D eigenvalue weighted by atomic mass is 35.5. The molecule has 0 bridgehead atoms. The van der Waals surface area contributed by atoms with Crippen molar-refractivity contribution in [3.8, 4) is 0 Å². The van der Waals surface area contributed by atoms with E-state index >= 15 is 0 Å². The van der Waals surface area contributed by atoms with Crippen LogP contribution in [0.4, 0.5) is 0 Å². The van der Waals surface area contributed by atoms with Crippen LogP contribution < -0.4 is 0 Å². The van der Waals surface area contributed by atoms with Gasteiger partial charge in [0.25, 0.3) is 0 Å². The molecule has 6 heteroatoms. The van der Waals surface area contributed by atoms with Gasteiger partial charge in [-0.05, 0) is 33.1 Å². The van der Waals surface area contributed by atoms with Crippen molar-refractivity contribution < 1.29 is 9.53 Å². The molecule has 0 radical (unpaired) electrons. The highest BCUT2D eigenvalue weighted by Crippen LogP contribution is 2.51. The zero-order valence-corrected chi connectivity index (χ0v) is 13.9. The summed E-state index contributed by atoms with van der Waals surface area (Å²) in [6, 6.07) is 0. The van der Waals surface area contributed by atoms with Gasteiger partial charge < -0.3 is 4.74 Å². The summed E-state index contributed by atoms with van der Waals surface area (Å²) in [5.41, 5.74) is 0.164. The van der Waals surface area contributed by atoms with Crippen molar-refractivity contribution in [1.82, 2.24) is 14.4 Å². The summed E-state index contributed by atoms with van der Waals surface area (Å²) in [5.74, 6) is 0.819. The molecular formula is C16H20ClN3O2. The molecule has 22 heavy (non-hydrogen) atoms. The van der Waals surface area contributed by atoms with Gasteiger partial charge in [0.1, 0.15) is 11.3 Å². The normalized spacial score (nSPS) is 28.2. The van der Waals surface area contributed by atoms with Crippen LogP contribution in [0.25, 0.3) is 5.52 Å². The fourth-order valence-corrected chi connectivity index (χ4v) is 3.80. The van der Waals surface area contributed by atoms with Crippen LogP contribution in [0.15, 0.2) is 18.6 Å². The van der Waals surface area contributed by atoms with E-state index in [9.17, 15) is 4.79 Å². The van der Waals surface area contributed by atoms with E-state index in [1.807, 2.05) is 24.4 Å². The summed E-state index contributed by atoms with van der Waals surface area (Å²) in [6.07, 6.45) is 7.70. The average molecular weight is 322 g/mol. The first kappa shape index (κ1) is 15.3. The van der Waals surface area contributed by atoms with E-state index < -0.39 is 5.41 Å². The number of ether oxygens (including phenoxy) is 1. The Morgan fingerprint density at radius 3 is 2.91 bits per heavy atom. The Morgan fingerprint density at radius 1 is 1.41 bits per heavy atom. The number of halogens is 1. The molecule has 3 rings (SSSR count). The molecule has 0 amide bonds. The third-order valence-electron chi connectivity index (χ3n) is 4.73.